The molecule has 2 atom stereocenters. The molecule has 0 nitrogen and oxygen atoms in total. The van der Waals surface area contributed by atoms with Gasteiger partial charge < -0.3 is 0 Å². The lowest BCUT2D eigenvalue weighted by molar-refractivity contribution is 0.209. The Balaban J connectivity index is 1.66. The van der Waals surface area contributed by atoms with E-state index in [1.54, 1.807) is 0 Å². The number of benzene rings is 1. The monoisotopic (exact) mass is 370 g/mol. The highest BCUT2D eigenvalue weighted by atomic mass is 19.1. The van der Waals surface area contributed by atoms with Crippen LogP contribution in [0.4, 0.5) is 4.39 Å². The van der Waals surface area contributed by atoms with E-state index in [4.69, 9.17) is 0 Å². The molecule has 27 heavy (non-hydrogen) atoms. The standard InChI is InChI=1S/C26H39F/c1-3-4-6-9-21-13-16-23(17-14-21)25(18-22-10-7-5-8-11-22)24-15-12-20(2)26(27)19-24/h5,7,12,15,19,21-23,25H,3-4,6,8-11,13-14,16-18H2,1-2H3. The zero-order valence-electron chi connectivity index (χ0n) is 17.6. The summed E-state index contributed by atoms with van der Waals surface area (Å²) in [5.41, 5.74) is 2.04. The van der Waals surface area contributed by atoms with Crippen molar-refractivity contribution in [1.29, 1.82) is 0 Å². The first-order valence-electron chi connectivity index (χ1n) is 11.6. The van der Waals surface area contributed by atoms with E-state index in [0.29, 0.717) is 5.92 Å². The molecule has 3 rings (SSSR count). The smallest absolute Gasteiger partial charge is 0.126 e. The first-order chi connectivity index (χ1) is 13.2. The minimum Gasteiger partial charge on any atom is -0.207 e. The van der Waals surface area contributed by atoms with E-state index in [1.165, 1.54) is 82.6 Å². The van der Waals surface area contributed by atoms with Crippen LogP contribution in [-0.2, 0) is 0 Å². The molecule has 150 valence electrons. The maximum Gasteiger partial charge on any atom is 0.126 e. The lowest BCUT2D eigenvalue weighted by atomic mass is 9.69. The first-order valence-corrected chi connectivity index (χ1v) is 11.6. The summed E-state index contributed by atoms with van der Waals surface area (Å²) in [7, 11) is 0. The molecule has 1 aromatic carbocycles. The average Bonchev–Trinajstić information content (AvgIpc) is 2.70. The van der Waals surface area contributed by atoms with E-state index in [9.17, 15) is 4.39 Å². The van der Waals surface area contributed by atoms with Gasteiger partial charge in [-0.2, -0.15) is 0 Å². The topological polar surface area (TPSA) is 0 Å². The molecule has 1 saturated carbocycles. The van der Waals surface area contributed by atoms with Crippen LogP contribution in [-0.4, -0.2) is 0 Å². The highest BCUT2D eigenvalue weighted by molar-refractivity contribution is 5.27. The van der Waals surface area contributed by atoms with E-state index in [1.807, 2.05) is 19.1 Å². The summed E-state index contributed by atoms with van der Waals surface area (Å²) in [6, 6.07) is 6.07. The summed E-state index contributed by atoms with van der Waals surface area (Å²) >= 11 is 0. The third-order valence-corrected chi connectivity index (χ3v) is 7.27. The SMILES string of the molecule is CCCCCC1CCC(C(CC2CC=CCC2)c2ccc(C)c(F)c2)CC1. The molecule has 0 bridgehead atoms. The predicted octanol–water partition coefficient (Wildman–Crippen LogP) is 8.35. The van der Waals surface area contributed by atoms with Gasteiger partial charge in [-0.05, 0) is 86.3 Å². The Labute approximate surface area is 166 Å². The lowest BCUT2D eigenvalue weighted by Gasteiger charge is -2.36. The lowest BCUT2D eigenvalue weighted by Crippen LogP contribution is -2.23. The molecule has 0 aliphatic heterocycles. The third-order valence-electron chi connectivity index (χ3n) is 7.27. The predicted molar refractivity (Wildman–Crippen MR) is 115 cm³/mol. The number of allylic oxidation sites excluding steroid dienone is 2. The van der Waals surface area contributed by atoms with E-state index in [-0.39, 0.29) is 5.82 Å². The van der Waals surface area contributed by atoms with Gasteiger partial charge in [0, 0.05) is 0 Å². The van der Waals surface area contributed by atoms with Crippen LogP contribution in [0.3, 0.4) is 0 Å². The summed E-state index contributed by atoms with van der Waals surface area (Å²) in [6.45, 7) is 4.17. The number of rotatable bonds is 8. The van der Waals surface area contributed by atoms with Crippen LogP contribution in [0, 0.1) is 30.5 Å². The Hall–Kier alpha value is -1.11. The molecule has 0 aromatic heterocycles. The van der Waals surface area contributed by atoms with Gasteiger partial charge in [0.1, 0.15) is 5.82 Å². The summed E-state index contributed by atoms with van der Waals surface area (Å²) < 4.78 is 14.3. The second kappa shape index (κ2) is 10.4. The second-order valence-corrected chi connectivity index (χ2v) is 9.28. The fourth-order valence-corrected chi connectivity index (χ4v) is 5.43. The number of hydrogen-bond acceptors (Lipinski definition) is 0. The van der Waals surface area contributed by atoms with Crippen molar-refractivity contribution in [3.05, 3.63) is 47.3 Å². The van der Waals surface area contributed by atoms with Gasteiger partial charge in [-0.15, -0.1) is 0 Å². The summed E-state index contributed by atoms with van der Waals surface area (Å²) in [6.07, 6.45) is 20.7. The maximum atomic E-state index is 14.3. The van der Waals surface area contributed by atoms with E-state index in [2.05, 4.69) is 25.1 Å². The third kappa shape index (κ3) is 5.93. The molecular weight excluding hydrogens is 331 g/mol. The summed E-state index contributed by atoms with van der Waals surface area (Å²) in [5, 5.41) is 0. The van der Waals surface area contributed by atoms with E-state index < -0.39 is 0 Å². The van der Waals surface area contributed by atoms with Crippen LogP contribution < -0.4 is 0 Å². The first kappa shape index (κ1) is 20.6. The van der Waals surface area contributed by atoms with Crippen molar-refractivity contribution in [1.82, 2.24) is 0 Å². The molecule has 0 saturated heterocycles. The van der Waals surface area contributed by atoms with Gasteiger partial charge in [0.15, 0.2) is 0 Å². The minimum absolute atomic E-state index is 0.0192. The van der Waals surface area contributed by atoms with Crippen molar-refractivity contribution in [2.75, 3.05) is 0 Å². The summed E-state index contributed by atoms with van der Waals surface area (Å²) in [5.74, 6) is 3.01. The normalized spacial score (nSPS) is 26.9. The minimum atomic E-state index is -0.0192. The Kier molecular flexibility index (Phi) is 7.97. The van der Waals surface area contributed by atoms with Crippen LogP contribution in [0.2, 0.25) is 0 Å². The molecule has 0 amide bonds. The molecule has 2 aliphatic rings. The second-order valence-electron chi connectivity index (χ2n) is 9.28. The fourth-order valence-electron chi connectivity index (χ4n) is 5.43. The van der Waals surface area contributed by atoms with Crippen molar-refractivity contribution >= 4 is 0 Å². The van der Waals surface area contributed by atoms with Crippen LogP contribution in [0.5, 0.6) is 0 Å². The van der Waals surface area contributed by atoms with Gasteiger partial charge >= 0.3 is 0 Å². The highest BCUT2D eigenvalue weighted by Gasteiger charge is 2.30. The van der Waals surface area contributed by atoms with Crippen molar-refractivity contribution in [3.63, 3.8) is 0 Å². The fraction of sp³-hybridized carbons (Fsp3) is 0.692. The van der Waals surface area contributed by atoms with E-state index in [0.717, 1.165) is 23.3 Å². The van der Waals surface area contributed by atoms with Gasteiger partial charge in [-0.25, -0.2) is 4.39 Å². The molecule has 0 radical (unpaired) electrons. The van der Waals surface area contributed by atoms with Crippen molar-refractivity contribution in [2.45, 2.75) is 96.8 Å². The number of aryl methyl sites for hydroxylation is 1. The van der Waals surface area contributed by atoms with Crippen molar-refractivity contribution < 1.29 is 4.39 Å². The van der Waals surface area contributed by atoms with Crippen LogP contribution in [0.1, 0.15) is 101 Å². The van der Waals surface area contributed by atoms with Crippen LogP contribution in [0.15, 0.2) is 30.4 Å². The Morgan fingerprint density at radius 3 is 2.48 bits per heavy atom. The van der Waals surface area contributed by atoms with Gasteiger partial charge in [0.2, 0.25) is 0 Å². The zero-order chi connectivity index (χ0) is 19.1. The molecule has 0 N–H and O–H groups in total. The molecule has 1 heteroatoms. The molecule has 0 heterocycles. The molecule has 1 fully saturated rings. The van der Waals surface area contributed by atoms with E-state index >= 15 is 0 Å². The van der Waals surface area contributed by atoms with Crippen molar-refractivity contribution in [3.8, 4) is 0 Å². The molecule has 0 spiro atoms. The molecular formula is C26H39F. The molecule has 2 unspecified atom stereocenters. The Bertz CT molecular complexity index is 594. The molecule has 1 aromatic rings. The highest BCUT2D eigenvalue weighted by Crippen LogP contribution is 2.44. The Morgan fingerprint density at radius 1 is 1.00 bits per heavy atom. The van der Waals surface area contributed by atoms with Gasteiger partial charge in [-0.1, -0.05) is 69.7 Å². The quantitative estimate of drug-likeness (QED) is 0.318. The van der Waals surface area contributed by atoms with Gasteiger partial charge in [0.05, 0.1) is 0 Å². The van der Waals surface area contributed by atoms with Crippen molar-refractivity contribution in [2.24, 2.45) is 17.8 Å². The van der Waals surface area contributed by atoms with Crippen LogP contribution >= 0.6 is 0 Å². The zero-order valence-corrected chi connectivity index (χ0v) is 17.6. The summed E-state index contributed by atoms with van der Waals surface area (Å²) in [4.78, 5) is 0. The average molecular weight is 371 g/mol. The number of halogens is 1. The van der Waals surface area contributed by atoms with Gasteiger partial charge in [0.25, 0.3) is 0 Å². The van der Waals surface area contributed by atoms with Gasteiger partial charge in [-0.3, -0.25) is 0 Å². The maximum absolute atomic E-state index is 14.3. The number of unbranched alkanes of at least 4 members (excludes halogenated alkanes) is 2. The molecule has 2 aliphatic carbocycles. The number of hydrogen-bond donors (Lipinski definition) is 0. The largest absolute Gasteiger partial charge is 0.207 e. The van der Waals surface area contributed by atoms with Crippen LogP contribution in [0.25, 0.3) is 0 Å². The Morgan fingerprint density at radius 2 is 1.81 bits per heavy atom.